The number of aliphatic hydroxyl groups is 3. The third-order valence-corrected chi connectivity index (χ3v) is 11.7. The van der Waals surface area contributed by atoms with Gasteiger partial charge in [-0.2, -0.15) is 0 Å². The minimum Gasteiger partial charge on any atom is -0.394 e. The number of rotatable bonds is 46. The van der Waals surface area contributed by atoms with E-state index in [2.05, 4.69) is 31.3 Å². The molecule has 0 aromatic rings. The lowest BCUT2D eigenvalue weighted by atomic mass is 10.0. The molecule has 332 valence electrons. The van der Waals surface area contributed by atoms with Gasteiger partial charge in [-0.1, -0.05) is 244 Å². The SMILES string of the molecule is CCCCCCCCCCCC/C=C/C(O)C(CO)NC(=O)CC(O)CCCCCCCCCCCCCCC/C=C\CCCCCCCCCCCCCC. The van der Waals surface area contributed by atoms with E-state index in [1.54, 1.807) is 6.08 Å². The van der Waals surface area contributed by atoms with E-state index in [1.807, 2.05) is 6.08 Å². The maximum Gasteiger partial charge on any atom is 0.222 e. The lowest BCUT2D eigenvalue weighted by molar-refractivity contribution is -0.124. The van der Waals surface area contributed by atoms with Gasteiger partial charge in [0, 0.05) is 0 Å². The number of allylic oxidation sites excluding steroid dienone is 3. The van der Waals surface area contributed by atoms with E-state index in [0.717, 1.165) is 25.7 Å². The van der Waals surface area contributed by atoms with Gasteiger partial charge >= 0.3 is 0 Å². The molecule has 0 heterocycles. The van der Waals surface area contributed by atoms with E-state index < -0.39 is 18.2 Å². The van der Waals surface area contributed by atoms with Gasteiger partial charge in [0.1, 0.15) is 0 Å². The number of amides is 1. The molecule has 1 amide bonds. The van der Waals surface area contributed by atoms with Crippen LogP contribution in [0.15, 0.2) is 24.3 Å². The molecule has 0 saturated heterocycles. The summed E-state index contributed by atoms with van der Waals surface area (Å²) >= 11 is 0. The van der Waals surface area contributed by atoms with Gasteiger partial charge in [-0.3, -0.25) is 4.79 Å². The summed E-state index contributed by atoms with van der Waals surface area (Å²) in [6.07, 6.45) is 57.8. The van der Waals surface area contributed by atoms with Gasteiger partial charge in [-0.15, -0.1) is 0 Å². The molecule has 0 aliphatic rings. The van der Waals surface area contributed by atoms with Crippen molar-refractivity contribution in [2.45, 2.75) is 289 Å². The molecule has 0 radical (unpaired) electrons. The molecule has 0 aliphatic heterocycles. The van der Waals surface area contributed by atoms with E-state index in [-0.39, 0.29) is 18.9 Å². The zero-order valence-corrected chi connectivity index (χ0v) is 37.8. The highest BCUT2D eigenvalue weighted by molar-refractivity contribution is 5.76. The average molecular weight is 790 g/mol. The first-order valence-electron chi connectivity index (χ1n) is 25.1. The molecular formula is C51H99NO4. The van der Waals surface area contributed by atoms with Crippen LogP contribution in [-0.2, 0) is 4.79 Å². The maximum atomic E-state index is 12.4. The summed E-state index contributed by atoms with van der Waals surface area (Å²) in [6.45, 7) is 4.22. The molecule has 3 unspecified atom stereocenters. The summed E-state index contributed by atoms with van der Waals surface area (Å²) in [5.41, 5.74) is 0. The standard InChI is InChI=1S/C51H99NO4/c1-3-5-7-9-11-13-15-17-18-19-20-21-22-23-24-25-26-27-28-29-30-31-32-33-34-36-38-40-42-44-48(54)46-51(56)52-49(47-53)50(55)45-43-41-39-37-35-16-14-12-10-8-6-4-2/h23-24,43,45,48-50,53-55H,3-22,25-42,44,46-47H2,1-2H3,(H,52,56)/b24-23-,45-43+. The van der Waals surface area contributed by atoms with Gasteiger partial charge in [-0.05, 0) is 44.9 Å². The van der Waals surface area contributed by atoms with E-state index in [1.165, 1.54) is 218 Å². The Bertz CT molecular complexity index is 829. The molecule has 0 aromatic heterocycles. The quantitative estimate of drug-likeness (QED) is 0.0365. The van der Waals surface area contributed by atoms with Crippen molar-refractivity contribution in [1.82, 2.24) is 5.32 Å². The predicted octanol–water partition coefficient (Wildman–Crippen LogP) is 14.9. The van der Waals surface area contributed by atoms with Crippen molar-refractivity contribution in [2.24, 2.45) is 0 Å². The average Bonchev–Trinajstić information content (AvgIpc) is 3.19. The molecule has 0 spiro atoms. The van der Waals surface area contributed by atoms with E-state index >= 15 is 0 Å². The molecular weight excluding hydrogens is 691 g/mol. The third-order valence-electron chi connectivity index (χ3n) is 11.7. The minimum absolute atomic E-state index is 0.0160. The molecule has 3 atom stereocenters. The second-order valence-corrected chi connectivity index (χ2v) is 17.4. The highest BCUT2D eigenvalue weighted by Gasteiger charge is 2.20. The van der Waals surface area contributed by atoms with E-state index in [9.17, 15) is 20.1 Å². The topological polar surface area (TPSA) is 89.8 Å². The molecule has 56 heavy (non-hydrogen) atoms. The fourth-order valence-corrected chi connectivity index (χ4v) is 7.87. The Hall–Kier alpha value is -1.17. The fraction of sp³-hybridized carbons (Fsp3) is 0.902. The van der Waals surface area contributed by atoms with Crippen LogP contribution >= 0.6 is 0 Å². The van der Waals surface area contributed by atoms with Crippen molar-refractivity contribution in [3.8, 4) is 0 Å². The number of carbonyl (C=O) groups excluding carboxylic acids is 1. The Morgan fingerprint density at radius 1 is 0.446 bits per heavy atom. The number of nitrogens with one attached hydrogen (secondary N) is 1. The first-order chi connectivity index (χ1) is 27.5. The predicted molar refractivity (Wildman–Crippen MR) is 245 cm³/mol. The molecule has 0 saturated carbocycles. The summed E-state index contributed by atoms with van der Waals surface area (Å²) in [6, 6.07) is -0.741. The Morgan fingerprint density at radius 2 is 0.750 bits per heavy atom. The van der Waals surface area contributed by atoms with Crippen LogP contribution in [0.5, 0.6) is 0 Å². The van der Waals surface area contributed by atoms with Crippen molar-refractivity contribution in [2.75, 3.05) is 6.61 Å². The maximum absolute atomic E-state index is 12.4. The summed E-state index contributed by atoms with van der Waals surface area (Å²) in [4.78, 5) is 12.4. The van der Waals surface area contributed by atoms with E-state index in [4.69, 9.17) is 0 Å². The largest absolute Gasteiger partial charge is 0.394 e. The number of hydrogen-bond acceptors (Lipinski definition) is 4. The Labute approximate surface area is 350 Å². The Kier molecular flexibility index (Phi) is 45.5. The summed E-state index contributed by atoms with van der Waals surface area (Å²) in [5, 5.41) is 33.2. The van der Waals surface area contributed by atoms with Crippen LogP contribution in [0.2, 0.25) is 0 Å². The first kappa shape index (κ1) is 54.8. The van der Waals surface area contributed by atoms with Crippen LogP contribution in [-0.4, -0.2) is 46.1 Å². The van der Waals surface area contributed by atoms with Crippen LogP contribution in [0.4, 0.5) is 0 Å². The van der Waals surface area contributed by atoms with Gasteiger partial charge in [0.2, 0.25) is 5.91 Å². The lowest BCUT2D eigenvalue weighted by Gasteiger charge is -2.21. The second-order valence-electron chi connectivity index (χ2n) is 17.4. The number of aliphatic hydroxyl groups excluding tert-OH is 3. The van der Waals surface area contributed by atoms with Crippen molar-refractivity contribution in [3.05, 3.63) is 24.3 Å². The van der Waals surface area contributed by atoms with Crippen molar-refractivity contribution in [3.63, 3.8) is 0 Å². The number of unbranched alkanes of at least 4 members (excludes halogenated alkanes) is 35. The third kappa shape index (κ3) is 42.4. The van der Waals surface area contributed by atoms with E-state index in [0.29, 0.717) is 6.42 Å². The van der Waals surface area contributed by atoms with Crippen molar-refractivity contribution < 1.29 is 20.1 Å². The van der Waals surface area contributed by atoms with Crippen molar-refractivity contribution in [1.29, 1.82) is 0 Å². The lowest BCUT2D eigenvalue weighted by Crippen LogP contribution is -2.45. The molecule has 5 nitrogen and oxygen atoms in total. The normalized spacial score (nSPS) is 13.6. The molecule has 4 N–H and O–H groups in total. The summed E-state index contributed by atoms with van der Waals surface area (Å²) in [7, 11) is 0. The smallest absolute Gasteiger partial charge is 0.222 e. The first-order valence-corrected chi connectivity index (χ1v) is 25.1. The zero-order valence-electron chi connectivity index (χ0n) is 37.8. The van der Waals surface area contributed by atoms with Crippen LogP contribution < -0.4 is 5.32 Å². The minimum atomic E-state index is -0.926. The molecule has 0 bridgehead atoms. The van der Waals surface area contributed by atoms with Gasteiger partial charge < -0.3 is 20.6 Å². The number of carbonyl (C=O) groups is 1. The van der Waals surface area contributed by atoms with Crippen LogP contribution in [0, 0.1) is 0 Å². The van der Waals surface area contributed by atoms with Gasteiger partial charge in [0.15, 0.2) is 0 Å². The summed E-state index contributed by atoms with van der Waals surface area (Å²) < 4.78 is 0. The Morgan fingerprint density at radius 3 is 1.09 bits per heavy atom. The molecule has 0 fully saturated rings. The second kappa shape index (κ2) is 46.5. The Balaban J connectivity index is 3.52. The zero-order chi connectivity index (χ0) is 40.8. The van der Waals surface area contributed by atoms with Gasteiger partial charge in [-0.25, -0.2) is 0 Å². The molecule has 5 heteroatoms. The van der Waals surface area contributed by atoms with Gasteiger partial charge in [0.25, 0.3) is 0 Å². The van der Waals surface area contributed by atoms with Crippen LogP contribution in [0.25, 0.3) is 0 Å². The highest BCUT2D eigenvalue weighted by Crippen LogP contribution is 2.16. The molecule has 0 aliphatic carbocycles. The number of hydrogen-bond donors (Lipinski definition) is 4. The summed E-state index contributed by atoms with van der Waals surface area (Å²) in [5.74, 6) is -0.314. The van der Waals surface area contributed by atoms with Crippen LogP contribution in [0.3, 0.4) is 0 Å². The fourth-order valence-electron chi connectivity index (χ4n) is 7.87. The monoisotopic (exact) mass is 790 g/mol. The molecule has 0 aromatic carbocycles. The van der Waals surface area contributed by atoms with Crippen LogP contribution in [0.1, 0.15) is 271 Å². The highest BCUT2D eigenvalue weighted by atomic mass is 16.3. The van der Waals surface area contributed by atoms with Gasteiger partial charge in [0.05, 0.1) is 31.3 Å². The molecule has 0 rings (SSSR count). The van der Waals surface area contributed by atoms with Crippen molar-refractivity contribution >= 4 is 5.91 Å².